The number of nitro groups is 1. The first-order valence-corrected chi connectivity index (χ1v) is 6.41. The number of aromatic nitrogens is 1. The zero-order chi connectivity index (χ0) is 15.0. The minimum Gasteiger partial charge on any atom is -0.464 e. The predicted molar refractivity (Wildman–Crippen MR) is 76.1 cm³/mol. The van der Waals surface area contributed by atoms with E-state index in [9.17, 15) is 10.1 Å². The van der Waals surface area contributed by atoms with Crippen molar-refractivity contribution in [1.82, 2.24) is 4.98 Å². The number of aryl methyl sites for hydroxylation is 1. The molecule has 0 aliphatic heterocycles. The van der Waals surface area contributed by atoms with Gasteiger partial charge in [-0.2, -0.15) is 4.98 Å². The summed E-state index contributed by atoms with van der Waals surface area (Å²) >= 11 is 0. The molecule has 0 bridgehead atoms. The van der Waals surface area contributed by atoms with E-state index in [-0.39, 0.29) is 23.3 Å². The van der Waals surface area contributed by atoms with E-state index in [1.165, 1.54) is 6.07 Å². The molecule has 0 spiro atoms. The highest BCUT2D eigenvalue weighted by atomic mass is 16.6. The maximum atomic E-state index is 11.0. The number of fused-ring (bicyclic) bond motifs is 1. The third kappa shape index (κ3) is 2.45. The molecule has 0 radical (unpaired) electrons. The lowest BCUT2D eigenvalue weighted by Crippen LogP contribution is -2.05. The molecule has 0 fully saturated rings. The Morgan fingerprint density at radius 1 is 1.29 bits per heavy atom. The van der Waals surface area contributed by atoms with Crippen LogP contribution in [0.25, 0.3) is 11.1 Å². The van der Waals surface area contributed by atoms with Crippen molar-refractivity contribution in [3.05, 3.63) is 52.0 Å². The summed E-state index contributed by atoms with van der Waals surface area (Å²) in [5, 5.41) is 14.0. The Hall–Kier alpha value is -2.83. The summed E-state index contributed by atoms with van der Waals surface area (Å²) in [6.45, 7) is 3.75. The molecule has 1 N–H and O–H groups in total. The fraction of sp³-hybridized carbons (Fsp3) is 0.214. The molecule has 3 aromatic rings. The van der Waals surface area contributed by atoms with E-state index in [1.54, 1.807) is 12.1 Å². The SMILES string of the molecule is Cc1ccc(C(C)Nc2nc3c([N+](=O)[O-])cccc3o2)o1. The number of hydrogen-bond donors (Lipinski definition) is 1. The van der Waals surface area contributed by atoms with Gasteiger partial charge in [-0.3, -0.25) is 10.1 Å². The van der Waals surface area contributed by atoms with Crippen LogP contribution in [0.4, 0.5) is 11.7 Å². The van der Waals surface area contributed by atoms with Gasteiger partial charge < -0.3 is 14.2 Å². The largest absolute Gasteiger partial charge is 0.464 e. The van der Waals surface area contributed by atoms with Gasteiger partial charge in [0.15, 0.2) is 11.1 Å². The molecule has 0 aliphatic rings. The molecule has 2 aromatic heterocycles. The second-order valence-electron chi connectivity index (χ2n) is 4.71. The lowest BCUT2D eigenvalue weighted by molar-refractivity contribution is -0.383. The number of para-hydroxylation sites is 1. The second kappa shape index (κ2) is 4.93. The smallest absolute Gasteiger partial charge is 0.298 e. The summed E-state index contributed by atoms with van der Waals surface area (Å²) in [5.41, 5.74) is 0.521. The van der Waals surface area contributed by atoms with Gasteiger partial charge in [0, 0.05) is 6.07 Å². The number of nitrogens with zero attached hydrogens (tertiary/aromatic N) is 2. The first-order valence-electron chi connectivity index (χ1n) is 6.41. The van der Waals surface area contributed by atoms with Crippen LogP contribution in [0, 0.1) is 17.0 Å². The van der Waals surface area contributed by atoms with Crippen LogP contribution in [0.2, 0.25) is 0 Å². The molecule has 108 valence electrons. The normalized spacial score (nSPS) is 12.5. The van der Waals surface area contributed by atoms with Crippen molar-refractivity contribution in [2.24, 2.45) is 0 Å². The molecule has 0 aliphatic carbocycles. The first-order chi connectivity index (χ1) is 10.0. The Kier molecular flexibility index (Phi) is 3.09. The molecule has 0 amide bonds. The highest BCUT2D eigenvalue weighted by Crippen LogP contribution is 2.29. The van der Waals surface area contributed by atoms with E-state index in [0.29, 0.717) is 5.58 Å². The number of rotatable bonds is 4. The summed E-state index contributed by atoms with van der Waals surface area (Å²) in [6, 6.07) is 8.39. The quantitative estimate of drug-likeness (QED) is 0.579. The molecule has 7 heteroatoms. The van der Waals surface area contributed by atoms with Crippen molar-refractivity contribution in [3.63, 3.8) is 0 Å². The van der Waals surface area contributed by atoms with Gasteiger partial charge in [0.2, 0.25) is 0 Å². The van der Waals surface area contributed by atoms with Crippen molar-refractivity contribution in [1.29, 1.82) is 0 Å². The maximum absolute atomic E-state index is 11.0. The summed E-state index contributed by atoms with van der Waals surface area (Å²) in [7, 11) is 0. The fourth-order valence-corrected chi connectivity index (χ4v) is 2.09. The minimum absolute atomic E-state index is 0.0780. The fourth-order valence-electron chi connectivity index (χ4n) is 2.09. The number of nitro benzene ring substituents is 1. The summed E-state index contributed by atoms with van der Waals surface area (Å²) in [6.07, 6.45) is 0. The van der Waals surface area contributed by atoms with Crippen LogP contribution in [-0.4, -0.2) is 9.91 Å². The van der Waals surface area contributed by atoms with Crippen LogP contribution < -0.4 is 5.32 Å². The zero-order valence-corrected chi connectivity index (χ0v) is 11.5. The number of benzene rings is 1. The van der Waals surface area contributed by atoms with E-state index in [1.807, 2.05) is 26.0 Å². The number of hydrogen-bond acceptors (Lipinski definition) is 6. The van der Waals surface area contributed by atoms with Gasteiger partial charge in [-0.05, 0) is 32.0 Å². The number of nitrogens with one attached hydrogen (secondary N) is 1. The Bertz CT molecular complexity index is 806. The van der Waals surface area contributed by atoms with Crippen molar-refractivity contribution in [2.45, 2.75) is 19.9 Å². The third-order valence-corrected chi connectivity index (χ3v) is 3.12. The molecular formula is C14H13N3O4. The first kappa shape index (κ1) is 13.2. The van der Waals surface area contributed by atoms with Crippen LogP contribution in [0.1, 0.15) is 24.5 Å². The van der Waals surface area contributed by atoms with E-state index >= 15 is 0 Å². The van der Waals surface area contributed by atoms with Crippen LogP contribution >= 0.6 is 0 Å². The molecule has 7 nitrogen and oxygen atoms in total. The van der Waals surface area contributed by atoms with Crippen molar-refractivity contribution < 1.29 is 13.8 Å². The summed E-state index contributed by atoms with van der Waals surface area (Å²) in [5.74, 6) is 1.55. The summed E-state index contributed by atoms with van der Waals surface area (Å²) in [4.78, 5) is 14.6. The van der Waals surface area contributed by atoms with Gasteiger partial charge in [0.05, 0.1) is 11.0 Å². The Labute approximate surface area is 119 Å². The Morgan fingerprint density at radius 2 is 2.10 bits per heavy atom. The Balaban J connectivity index is 1.91. The van der Waals surface area contributed by atoms with Gasteiger partial charge >= 0.3 is 0 Å². The molecule has 1 unspecified atom stereocenters. The topological polar surface area (TPSA) is 94.3 Å². The molecule has 0 saturated carbocycles. The zero-order valence-electron chi connectivity index (χ0n) is 11.5. The predicted octanol–water partition coefficient (Wildman–Crippen LogP) is 3.81. The number of non-ortho nitro benzene ring substituents is 1. The van der Waals surface area contributed by atoms with Gasteiger partial charge in [0.1, 0.15) is 11.5 Å². The minimum atomic E-state index is -0.478. The van der Waals surface area contributed by atoms with Gasteiger partial charge in [0.25, 0.3) is 11.7 Å². The highest BCUT2D eigenvalue weighted by Gasteiger charge is 2.19. The molecular weight excluding hydrogens is 274 g/mol. The average molecular weight is 287 g/mol. The van der Waals surface area contributed by atoms with E-state index in [4.69, 9.17) is 8.83 Å². The van der Waals surface area contributed by atoms with Crippen molar-refractivity contribution >= 4 is 22.8 Å². The molecule has 2 heterocycles. The number of oxazole rings is 1. The second-order valence-corrected chi connectivity index (χ2v) is 4.71. The number of anilines is 1. The molecule has 3 rings (SSSR count). The third-order valence-electron chi connectivity index (χ3n) is 3.12. The molecule has 0 saturated heterocycles. The molecule has 21 heavy (non-hydrogen) atoms. The van der Waals surface area contributed by atoms with Gasteiger partial charge in [-0.1, -0.05) is 6.07 Å². The van der Waals surface area contributed by atoms with Gasteiger partial charge in [-0.15, -0.1) is 0 Å². The molecule has 1 atom stereocenters. The lowest BCUT2D eigenvalue weighted by atomic mass is 10.2. The van der Waals surface area contributed by atoms with E-state index < -0.39 is 4.92 Å². The molecule has 1 aromatic carbocycles. The van der Waals surface area contributed by atoms with Crippen LogP contribution in [-0.2, 0) is 0 Å². The van der Waals surface area contributed by atoms with Crippen molar-refractivity contribution in [3.8, 4) is 0 Å². The lowest BCUT2D eigenvalue weighted by Gasteiger charge is -2.08. The van der Waals surface area contributed by atoms with E-state index in [2.05, 4.69) is 10.3 Å². The van der Waals surface area contributed by atoms with Crippen LogP contribution in [0.3, 0.4) is 0 Å². The van der Waals surface area contributed by atoms with E-state index in [0.717, 1.165) is 11.5 Å². The van der Waals surface area contributed by atoms with Crippen LogP contribution in [0.5, 0.6) is 0 Å². The average Bonchev–Trinajstić information content (AvgIpc) is 3.03. The Morgan fingerprint density at radius 3 is 2.76 bits per heavy atom. The highest BCUT2D eigenvalue weighted by molar-refractivity contribution is 5.84. The number of furan rings is 1. The monoisotopic (exact) mass is 287 g/mol. The maximum Gasteiger partial charge on any atom is 0.298 e. The van der Waals surface area contributed by atoms with Gasteiger partial charge in [-0.25, -0.2) is 0 Å². The summed E-state index contributed by atoms with van der Waals surface area (Å²) < 4.78 is 11.0. The standard InChI is InChI=1S/C14H13N3O4/c1-8-6-7-11(20-8)9(2)15-14-16-13-10(17(18)19)4-3-5-12(13)21-14/h3-7,9H,1-2H3,(H,15,16). The van der Waals surface area contributed by atoms with Crippen LogP contribution in [0.15, 0.2) is 39.2 Å². The van der Waals surface area contributed by atoms with Crippen molar-refractivity contribution in [2.75, 3.05) is 5.32 Å².